The molecule has 0 unspecified atom stereocenters. The van der Waals surface area contributed by atoms with E-state index in [1.54, 1.807) is 36.5 Å². The zero-order valence-electron chi connectivity index (χ0n) is 9.68. The maximum absolute atomic E-state index is 12.0. The van der Waals surface area contributed by atoms with E-state index in [1.807, 2.05) is 6.07 Å². The van der Waals surface area contributed by atoms with E-state index >= 15 is 0 Å². The number of benzene rings is 1. The SMILES string of the molecule is COc1cccnc1NC(=O)c1cccc(Br)c1. The van der Waals surface area contributed by atoms with Crippen LogP contribution in [0.15, 0.2) is 47.1 Å². The Kier molecular flexibility index (Phi) is 3.94. The molecule has 0 aliphatic rings. The van der Waals surface area contributed by atoms with Gasteiger partial charge in [0.25, 0.3) is 5.91 Å². The van der Waals surface area contributed by atoms with Crippen molar-refractivity contribution in [2.45, 2.75) is 0 Å². The van der Waals surface area contributed by atoms with Crippen molar-refractivity contribution in [3.05, 3.63) is 52.6 Å². The van der Waals surface area contributed by atoms with Crippen LogP contribution in [0.2, 0.25) is 0 Å². The second-order valence-corrected chi connectivity index (χ2v) is 4.43. The molecule has 2 aromatic rings. The minimum absolute atomic E-state index is 0.228. The number of methoxy groups -OCH3 is 1. The first-order chi connectivity index (χ1) is 8.70. The number of hydrogen-bond donors (Lipinski definition) is 1. The molecule has 1 heterocycles. The third-order valence-electron chi connectivity index (χ3n) is 2.31. The summed E-state index contributed by atoms with van der Waals surface area (Å²) < 4.78 is 5.97. The van der Waals surface area contributed by atoms with Crippen molar-refractivity contribution in [1.29, 1.82) is 0 Å². The third kappa shape index (κ3) is 2.87. The lowest BCUT2D eigenvalue weighted by atomic mass is 10.2. The number of hydrogen-bond acceptors (Lipinski definition) is 3. The van der Waals surface area contributed by atoms with Gasteiger partial charge in [0.2, 0.25) is 0 Å². The van der Waals surface area contributed by atoms with E-state index in [1.165, 1.54) is 7.11 Å². The summed E-state index contributed by atoms with van der Waals surface area (Å²) in [6.45, 7) is 0. The molecule has 0 atom stereocenters. The highest BCUT2D eigenvalue weighted by Gasteiger charge is 2.10. The summed E-state index contributed by atoms with van der Waals surface area (Å²) in [5.74, 6) is 0.708. The smallest absolute Gasteiger partial charge is 0.256 e. The van der Waals surface area contributed by atoms with E-state index in [9.17, 15) is 4.79 Å². The van der Waals surface area contributed by atoms with E-state index in [-0.39, 0.29) is 5.91 Å². The molecule has 18 heavy (non-hydrogen) atoms. The topological polar surface area (TPSA) is 51.2 Å². The van der Waals surface area contributed by atoms with Crippen molar-refractivity contribution in [1.82, 2.24) is 4.98 Å². The van der Waals surface area contributed by atoms with E-state index in [0.717, 1.165) is 4.47 Å². The number of carbonyl (C=O) groups is 1. The molecule has 0 fully saturated rings. The zero-order chi connectivity index (χ0) is 13.0. The number of pyridine rings is 1. The van der Waals surface area contributed by atoms with Crippen LogP contribution in [-0.2, 0) is 0 Å². The first-order valence-corrected chi connectivity index (χ1v) is 6.06. The van der Waals surface area contributed by atoms with Gasteiger partial charge in [0, 0.05) is 16.2 Å². The second kappa shape index (κ2) is 5.64. The molecule has 2 rings (SSSR count). The van der Waals surface area contributed by atoms with Gasteiger partial charge in [-0.2, -0.15) is 0 Å². The number of ether oxygens (including phenoxy) is 1. The van der Waals surface area contributed by atoms with Crippen LogP contribution in [0.25, 0.3) is 0 Å². The fourth-order valence-corrected chi connectivity index (χ4v) is 1.86. The van der Waals surface area contributed by atoms with Crippen LogP contribution >= 0.6 is 15.9 Å². The largest absolute Gasteiger partial charge is 0.493 e. The average molecular weight is 307 g/mol. The van der Waals surface area contributed by atoms with Crippen LogP contribution in [0, 0.1) is 0 Å². The monoisotopic (exact) mass is 306 g/mol. The molecule has 1 amide bonds. The Morgan fingerprint density at radius 2 is 2.17 bits per heavy atom. The van der Waals surface area contributed by atoms with Crippen molar-refractivity contribution in [2.24, 2.45) is 0 Å². The van der Waals surface area contributed by atoms with E-state index < -0.39 is 0 Å². The van der Waals surface area contributed by atoms with Gasteiger partial charge in [0.15, 0.2) is 11.6 Å². The molecule has 92 valence electrons. The lowest BCUT2D eigenvalue weighted by Crippen LogP contribution is -2.13. The molecule has 1 aromatic heterocycles. The van der Waals surface area contributed by atoms with Gasteiger partial charge < -0.3 is 10.1 Å². The average Bonchev–Trinajstić information content (AvgIpc) is 2.39. The van der Waals surface area contributed by atoms with E-state index in [2.05, 4.69) is 26.2 Å². The predicted molar refractivity (Wildman–Crippen MR) is 72.9 cm³/mol. The fourth-order valence-electron chi connectivity index (χ4n) is 1.46. The molecule has 0 saturated heterocycles. The van der Waals surface area contributed by atoms with Crippen molar-refractivity contribution < 1.29 is 9.53 Å². The molecule has 0 aliphatic carbocycles. The van der Waals surface area contributed by atoms with Crippen LogP contribution in [0.4, 0.5) is 5.82 Å². The number of carbonyl (C=O) groups excluding carboxylic acids is 1. The lowest BCUT2D eigenvalue weighted by Gasteiger charge is -2.08. The summed E-state index contributed by atoms with van der Waals surface area (Å²) in [6.07, 6.45) is 1.60. The first kappa shape index (κ1) is 12.6. The van der Waals surface area contributed by atoms with Gasteiger partial charge in [-0.1, -0.05) is 22.0 Å². The Morgan fingerprint density at radius 1 is 1.33 bits per heavy atom. The number of nitrogens with zero attached hydrogens (tertiary/aromatic N) is 1. The van der Waals surface area contributed by atoms with Crippen molar-refractivity contribution in [2.75, 3.05) is 12.4 Å². The quantitative estimate of drug-likeness (QED) is 0.948. The van der Waals surface area contributed by atoms with Crippen molar-refractivity contribution in [3.63, 3.8) is 0 Å². The maximum atomic E-state index is 12.0. The Labute approximate surface area is 113 Å². The highest BCUT2D eigenvalue weighted by molar-refractivity contribution is 9.10. The molecule has 1 N–H and O–H groups in total. The number of anilines is 1. The summed E-state index contributed by atoms with van der Waals surface area (Å²) in [7, 11) is 1.53. The highest BCUT2D eigenvalue weighted by atomic mass is 79.9. The predicted octanol–water partition coefficient (Wildman–Crippen LogP) is 3.11. The van der Waals surface area contributed by atoms with E-state index in [4.69, 9.17) is 4.74 Å². The van der Waals surface area contributed by atoms with Gasteiger partial charge in [-0.25, -0.2) is 4.98 Å². The third-order valence-corrected chi connectivity index (χ3v) is 2.80. The normalized spacial score (nSPS) is 9.89. The molecule has 0 aliphatic heterocycles. The summed E-state index contributed by atoms with van der Waals surface area (Å²) in [6, 6.07) is 10.6. The maximum Gasteiger partial charge on any atom is 0.256 e. The standard InChI is InChI=1S/C13H11BrN2O2/c1-18-11-6-3-7-15-12(11)16-13(17)9-4-2-5-10(14)8-9/h2-8H,1H3,(H,15,16,17). The molecule has 4 nitrogen and oxygen atoms in total. The highest BCUT2D eigenvalue weighted by Crippen LogP contribution is 2.21. The molecule has 0 spiro atoms. The number of aromatic nitrogens is 1. The van der Waals surface area contributed by atoms with Crippen LogP contribution in [0.1, 0.15) is 10.4 Å². The molecular formula is C13H11BrN2O2. The minimum Gasteiger partial charge on any atom is -0.493 e. The Morgan fingerprint density at radius 3 is 2.89 bits per heavy atom. The van der Waals surface area contributed by atoms with Crippen LogP contribution in [0.3, 0.4) is 0 Å². The molecule has 0 saturated carbocycles. The van der Waals surface area contributed by atoms with Crippen LogP contribution in [0.5, 0.6) is 5.75 Å². The lowest BCUT2D eigenvalue weighted by molar-refractivity contribution is 0.102. The minimum atomic E-state index is -0.228. The Hall–Kier alpha value is -1.88. The molecular weight excluding hydrogens is 296 g/mol. The molecule has 1 aromatic carbocycles. The second-order valence-electron chi connectivity index (χ2n) is 3.52. The molecule has 0 bridgehead atoms. The first-order valence-electron chi connectivity index (χ1n) is 5.26. The van der Waals surface area contributed by atoms with Gasteiger partial charge in [0.1, 0.15) is 0 Å². The molecule has 0 radical (unpaired) electrons. The van der Waals surface area contributed by atoms with Gasteiger partial charge in [-0.05, 0) is 30.3 Å². The van der Waals surface area contributed by atoms with Crippen molar-refractivity contribution >= 4 is 27.7 Å². The number of rotatable bonds is 3. The number of nitrogens with one attached hydrogen (secondary N) is 1. The summed E-state index contributed by atoms with van der Waals surface area (Å²) in [5, 5.41) is 2.71. The number of halogens is 1. The summed E-state index contributed by atoms with van der Waals surface area (Å²) in [5.41, 5.74) is 0.553. The van der Waals surface area contributed by atoms with Gasteiger partial charge in [-0.3, -0.25) is 4.79 Å². The van der Waals surface area contributed by atoms with Crippen LogP contribution < -0.4 is 10.1 Å². The van der Waals surface area contributed by atoms with Crippen molar-refractivity contribution in [3.8, 4) is 5.75 Å². The fraction of sp³-hybridized carbons (Fsp3) is 0.0769. The van der Waals surface area contributed by atoms with Gasteiger partial charge >= 0.3 is 0 Å². The molecule has 5 heteroatoms. The summed E-state index contributed by atoms with van der Waals surface area (Å²) in [4.78, 5) is 16.1. The van der Waals surface area contributed by atoms with Crippen LogP contribution in [-0.4, -0.2) is 18.0 Å². The van der Waals surface area contributed by atoms with Gasteiger partial charge in [0.05, 0.1) is 7.11 Å². The summed E-state index contributed by atoms with van der Waals surface area (Å²) >= 11 is 3.32. The zero-order valence-corrected chi connectivity index (χ0v) is 11.3. The Bertz CT molecular complexity index is 572. The van der Waals surface area contributed by atoms with Gasteiger partial charge in [-0.15, -0.1) is 0 Å². The number of amides is 1. The Balaban J connectivity index is 2.21. The van der Waals surface area contributed by atoms with E-state index in [0.29, 0.717) is 17.1 Å².